The van der Waals surface area contributed by atoms with Gasteiger partial charge < -0.3 is 9.64 Å². The molecule has 6 heteroatoms. The molecule has 4 rings (SSSR count). The van der Waals surface area contributed by atoms with E-state index in [2.05, 4.69) is 37.5 Å². The molecular formula is C26H25N5O. The van der Waals surface area contributed by atoms with Gasteiger partial charge >= 0.3 is 0 Å². The number of methoxy groups -OCH3 is 1. The molecule has 0 fully saturated rings. The van der Waals surface area contributed by atoms with Crippen LogP contribution in [0.4, 0.5) is 11.6 Å². The first kappa shape index (κ1) is 21.1. The minimum Gasteiger partial charge on any atom is -0.497 e. The van der Waals surface area contributed by atoms with Crippen LogP contribution in [0.5, 0.6) is 5.75 Å². The number of anilines is 2. The van der Waals surface area contributed by atoms with E-state index in [0.29, 0.717) is 5.95 Å². The Morgan fingerprint density at radius 1 is 0.812 bits per heavy atom. The van der Waals surface area contributed by atoms with E-state index in [0.717, 1.165) is 39.5 Å². The zero-order chi connectivity index (χ0) is 22.3. The molecule has 3 aromatic carbocycles. The van der Waals surface area contributed by atoms with E-state index in [4.69, 9.17) is 4.74 Å². The highest BCUT2D eigenvalue weighted by Gasteiger charge is 2.09. The number of benzene rings is 3. The van der Waals surface area contributed by atoms with Gasteiger partial charge in [-0.05, 0) is 48.0 Å². The van der Waals surface area contributed by atoms with Gasteiger partial charge in [0.2, 0.25) is 5.95 Å². The van der Waals surface area contributed by atoms with Crippen LogP contribution in [0, 0.1) is 0 Å². The lowest BCUT2D eigenvalue weighted by Gasteiger charge is -2.11. The van der Waals surface area contributed by atoms with Gasteiger partial charge in [0.15, 0.2) is 0 Å². The predicted molar refractivity (Wildman–Crippen MR) is 131 cm³/mol. The van der Waals surface area contributed by atoms with Gasteiger partial charge in [-0.15, -0.1) is 0 Å². The molecule has 160 valence electrons. The van der Waals surface area contributed by atoms with E-state index in [1.807, 2.05) is 86.9 Å². The van der Waals surface area contributed by atoms with Crippen LogP contribution in [-0.2, 0) is 0 Å². The van der Waals surface area contributed by atoms with Gasteiger partial charge in [-0.25, -0.2) is 15.4 Å². The second kappa shape index (κ2) is 9.75. The van der Waals surface area contributed by atoms with Crippen LogP contribution < -0.4 is 15.1 Å². The van der Waals surface area contributed by atoms with Crippen molar-refractivity contribution < 1.29 is 4.74 Å². The Labute approximate surface area is 188 Å². The summed E-state index contributed by atoms with van der Waals surface area (Å²) in [4.78, 5) is 11.4. The number of aromatic nitrogens is 2. The Hall–Kier alpha value is -4.19. The van der Waals surface area contributed by atoms with Crippen molar-refractivity contribution in [3.05, 3.63) is 90.5 Å². The van der Waals surface area contributed by atoms with Gasteiger partial charge in [-0.2, -0.15) is 5.10 Å². The van der Waals surface area contributed by atoms with Crippen molar-refractivity contribution in [1.82, 2.24) is 9.97 Å². The van der Waals surface area contributed by atoms with E-state index in [-0.39, 0.29) is 0 Å². The number of hydrazone groups is 1. The summed E-state index contributed by atoms with van der Waals surface area (Å²) in [5.41, 5.74) is 8.71. The summed E-state index contributed by atoms with van der Waals surface area (Å²) >= 11 is 0. The standard InChI is InChI=1S/C26H25N5O/c1-31(2)22-13-9-19(10-14-22)18-27-30-26-28-24(20-7-5-4-6-8-20)17-25(29-26)21-11-15-23(32-3)16-12-21/h4-18H,1-3H3,(H,28,29,30)/b27-18+. The second-order valence-electron chi connectivity index (χ2n) is 7.41. The number of rotatable bonds is 7. The number of hydrogen-bond acceptors (Lipinski definition) is 6. The van der Waals surface area contributed by atoms with Crippen molar-refractivity contribution in [2.75, 3.05) is 31.5 Å². The van der Waals surface area contributed by atoms with Crippen LogP contribution in [0.25, 0.3) is 22.5 Å². The molecule has 0 unspecified atom stereocenters. The fourth-order valence-electron chi connectivity index (χ4n) is 3.19. The summed E-state index contributed by atoms with van der Waals surface area (Å²) in [6.45, 7) is 0. The fraction of sp³-hybridized carbons (Fsp3) is 0.115. The highest BCUT2D eigenvalue weighted by atomic mass is 16.5. The van der Waals surface area contributed by atoms with Crippen LogP contribution in [0.3, 0.4) is 0 Å². The average molecular weight is 424 g/mol. The summed E-state index contributed by atoms with van der Waals surface area (Å²) in [6, 6.07) is 27.9. The van der Waals surface area contributed by atoms with Crippen LogP contribution in [0.15, 0.2) is 90.0 Å². The van der Waals surface area contributed by atoms with E-state index in [1.165, 1.54) is 0 Å². The zero-order valence-corrected chi connectivity index (χ0v) is 18.4. The molecule has 6 nitrogen and oxygen atoms in total. The summed E-state index contributed by atoms with van der Waals surface area (Å²) in [5, 5.41) is 4.35. The topological polar surface area (TPSA) is 62.6 Å². The fourth-order valence-corrected chi connectivity index (χ4v) is 3.19. The predicted octanol–water partition coefficient (Wildman–Crippen LogP) is 5.33. The van der Waals surface area contributed by atoms with Gasteiger partial charge in [0.05, 0.1) is 24.7 Å². The molecule has 0 atom stereocenters. The summed E-state index contributed by atoms with van der Waals surface area (Å²) < 4.78 is 5.27. The molecule has 4 aromatic rings. The van der Waals surface area contributed by atoms with Crippen molar-refractivity contribution >= 4 is 17.9 Å². The van der Waals surface area contributed by atoms with E-state index < -0.39 is 0 Å². The van der Waals surface area contributed by atoms with Crippen LogP contribution >= 0.6 is 0 Å². The molecule has 0 aliphatic heterocycles. The monoisotopic (exact) mass is 423 g/mol. The van der Waals surface area contributed by atoms with Gasteiger partial charge in [0.25, 0.3) is 0 Å². The van der Waals surface area contributed by atoms with Gasteiger partial charge in [0, 0.05) is 30.9 Å². The summed E-state index contributed by atoms with van der Waals surface area (Å²) in [6.07, 6.45) is 1.76. The number of nitrogens with one attached hydrogen (secondary N) is 1. The van der Waals surface area contributed by atoms with Crippen LogP contribution in [0.2, 0.25) is 0 Å². The highest BCUT2D eigenvalue weighted by molar-refractivity contribution is 5.81. The zero-order valence-electron chi connectivity index (χ0n) is 18.4. The SMILES string of the molecule is COc1ccc(-c2cc(-c3ccccc3)nc(N/N=C/c3ccc(N(C)C)cc3)n2)cc1. The van der Waals surface area contributed by atoms with Crippen LogP contribution in [0.1, 0.15) is 5.56 Å². The molecule has 0 saturated heterocycles. The van der Waals surface area contributed by atoms with Crippen molar-refractivity contribution in [3.8, 4) is 28.3 Å². The van der Waals surface area contributed by atoms with Crippen molar-refractivity contribution in [3.63, 3.8) is 0 Å². The van der Waals surface area contributed by atoms with Gasteiger partial charge in [-0.1, -0.05) is 42.5 Å². The third kappa shape index (κ3) is 5.10. The van der Waals surface area contributed by atoms with E-state index in [1.54, 1.807) is 13.3 Å². The molecule has 0 aliphatic carbocycles. The number of ether oxygens (including phenoxy) is 1. The highest BCUT2D eigenvalue weighted by Crippen LogP contribution is 2.26. The minimum absolute atomic E-state index is 0.429. The molecule has 0 amide bonds. The molecule has 0 spiro atoms. The van der Waals surface area contributed by atoms with Gasteiger partial charge in [0.1, 0.15) is 5.75 Å². The Balaban J connectivity index is 1.62. The Bertz CT molecular complexity index is 1190. The summed E-state index contributed by atoms with van der Waals surface area (Å²) in [5.74, 6) is 1.23. The Morgan fingerprint density at radius 2 is 1.44 bits per heavy atom. The Kier molecular flexibility index (Phi) is 6.41. The quantitative estimate of drug-likeness (QED) is 0.321. The lowest BCUT2D eigenvalue weighted by atomic mass is 10.1. The molecule has 1 N–H and O–H groups in total. The lowest BCUT2D eigenvalue weighted by molar-refractivity contribution is 0.415. The average Bonchev–Trinajstić information content (AvgIpc) is 2.85. The first-order valence-electron chi connectivity index (χ1n) is 10.3. The van der Waals surface area contributed by atoms with Crippen molar-refractivity contribution in [2.45, 2.75) is 0 Å². The number of nitrogens with zero attached hydrogens (tertiary/aromatic N) is 4. The maximum absolute atomic E-state index is 5.27. The molecule has 32 heavy (non-hydrogen) atoms. The smallest absolute Gasteiger partial charge is 0.244 e. The first-order chi connectivity index (χ1) is 15.6. The maximum Gasteiger partial charge on any atom is 0.244 e. The van der Waals surface area contributed by atoms with E-state index >= 15 is 0 Å². The minimum atomic E-state index is 0.429. The summed E-state index contributed by atoms with van der Waals surface area (Å²) in [7, 11) is 5.69. The maximum atomic E-state index is 5.27. The molecule has 0 radical (unpaired) electrons. The van der Waals surface area contributed by atoms with E-state index in [9.17, 15) is 0 Å². The normalized spacial score (nSPS) is 10.8. The molecule has 1 heterocycles. The molecule has 0 aliphatic rings. The third-order valence-electron chi connectivity index (χ3n) is 4.97. The van der Waals surface area contributed by atoms with Crippen LogP contribution in [-0.4, -0.2) is 37.4 Å². The number of hydrogen-bond donors (Lipinski definition) is 1. The second-order valence-corrected chi connectivity index (χ2v) is 7.41. The molecule has 0 bridgehead atoms. The third-order valence-corrected chi connectivity index (χ3v) is 4.97. The lowest BCUT2D eigenvalue weighted by Crippen LogP contribution is -2.08. The molecule has 1 aromatic heterocycles. The molecule has 0 saturated carbocycles. The molecular weight excluding hydrogens is 398 g/mol. The van der Waals surface area contributed by atoms with Gasteiger partial charge in [-0.3, -0.25) is 0 Å². The van der Waals surface area contributed by atoms with Crippen molar-refractivity contribution in [2.24, 2.45) is 5.10 Å². The first-order valence-corrected chi connectivity index (χ1v) is 10.3. The largest absolute Gasteiger partial charge is 0.497 e. The van der Waals surface area contributed by atoms with Crippen molar-refractivity contribution in [1.29, 1.82) is 0 Å². The Morgan fingerprint density at radius 3 is 2.03 bits per heavy atom.